The highest BCUT2D eigenvalue weighted by molar-refractivity contribution is 5.79. The zero-order chi connectivity index (χ0) is 19.5. The first-order valence-electron chi connectivity index (χ1n) is 10.6. The van der Waals surface area contributed by atoms with Gasteiger partial charge in [-0.05, 0) is 58.9 Å². The van der Waals surface area contributed by atoms with E-state index in [1.165, 1.54) is 50.3 Å². The lowest BCUT2D eigenvalue weighted by molar-refractivity contribution is 0.274. The van der Waals surface area contributed by atoms with Crippen molar-refractivity contribution >= 4 is 5.96 Å². The Hall–Kier alpha value is -1.59. The molecule has 1 saturated heterocycles. The molecule has 0 spiro atoms. The van der Waals surface area contributed by atoms with Crippen LogP contribution in [-0.2, 0) is 0 Å². The molecular weight excluding hydrogens is 334 g/mol. The van der Waals surface area contributed by atoms with Crippen LogP contribution in [0.15, 0.2) is 29.3 Å². The fourth-order valence-electron chi connectivity index (χ4n) is 3.40. The Labute approximate surface area is 166 Å². The maximum atomic E-state index is 4.80. The molecule has 1 aromatic carbocycles. The van der Waals surface area contributed by atoms with Crippen LogP contribution in [-0.4, -0.2) is 75.2 Å². The molecule has 1 fully saturated rings. The van der Waals surface area contributed by atoms with Gasteiger partial charge in [0, 0.05) is 38.6 Å². The van der Waals surface area contributed by atoms with Crippen molar-refractivity contribution in [2.75, 3.05) is 59.4 Å². The van der Waals surface area contributed by atoms with Gasteiger partial charge in [-0.2, -0.15) is 0 Å². The molecule has 1 heterocycles. The summed E-state index contributed by atoms with van der Waals surface area (Å²) in [6.45, 7) is 15.2. The van der Waals surface area contributed by atoms with Crippen LogP contribution in [0, 0.1) is 6.92 Å². The number of guanidine groups is 1. The number of nitrogens with zero attached hydrogens (tertiary/aromatic N) is 3. The van der Waals surface area contributed by atoms with Crippen molar-refractivity contribution in [1.82, 2.24) is 20.4 Å². The molecular formula is C22H39N5. The summed E-state index contributed by atoms with van der Waals surface area (Å²) >= 11 is 0. The van der Waals surface area contributed by atoms with E-state index in [9.17, 15) is 0 Å². The van der Waals surface area contributed by atoms with Gasteiger partial charge in [-0.1, -0.05) is 36.8 Å². The van der Waals surface area contributed by atoms with Gasteiger partial charge >= 0.3 is 0 Å². The minimum absolute atomic E-state index is 0.426. The van der Waals surface area contributed by atoms with Crippen molar-refractivity contribution < 1.29 is 0 Å². The molecule has 2 N–H and O–H groups in total. The summed E-state index contributed by atoms with van der Waals surface area (Å²) in [5.74, 6) is 1.36. The van der Waals surface area contributed by atoms with Crippen LogP contribution in [0.3, 0.4) is 0 Å². The predicted molar refractivity (Wildman–Crippen MR) is 117 cm³/mol. The van der Waals surface area contributed by atoms with Gasteiger partial charge in [0.1, 0.15) is 0 Å². The van der Waals surface area contributed by atoms with Crippen molar-refractivity contribution in [1.29, 1.82) is 0 Å². The van der Waals surface area contributed by atoms with Gasteiger partial charge in [-0.25, -0.2) is 0 Å². The van der Waals surface area contributed by atoms with Gasteiger partial charge < -0.3 is 20.4 Å². The van der Waals surface area contributed by atoms with Crippen molar-refractivity contribution in [2.45, 2.75) is 39.5 Å². The molecule has 0 aromatic heterocycles. The first-order valence-corrected chi connectivity index (χ1v) is 10.6. The summed E-state index contributed by atoms with van der Waals surface area (Å²) in [6.07, 6.45) is 2.44. The van der Waals surface area contributed by atoms with Crippen molar-refractivity contribution in [3.05, 3.63) is 35.4 Å². The third kappa shape index (κ3) is 8.31. The molecule has 1 aliphatic rings. The van der Waals surface area contributed by atoms with Gasteiger partial charge in [0.15, 0.2) is 5.96 Å². The highest BCUT2D eigenvalue weighted by Crippen LogP contribution is 2.15. The third-order valence-electron chi connectivity index (χ3n) is 5.27. The average molecular weight is 374 g/mol. The zero-order valence-corrected chi connectivity index (χ0v) is 17.8. The largest absolute Gasteiger partial charge is 0.357 e. The van der Waals surface area contributed by atoms with Crippen LogP contribution < -0.4 is 10.6 Å². The van der Waals surface area contributed by atoms with E-state index in [0.29, 0.717) is 5.92 Å². The molecule has 0 amide bonds. The first kappa shape index (κ1) is 21.7. The molecule has 0 bridgehead atoms. The van der Waals surface area contributed by atoms with Crippen LogP contribution in [0.1, 0.15) is 43.7 Å². The molecule has 0 aliphatic carbocycles. The van der Waals surface area contributed by atoms with Crippen molar-refractivity contribution in [3.8, 4) is 0 Å². The van der Waals surface area contributed by atoms with E-state index in [1.807, 2.05) is 0 Å². The Kier molecular flexibility index (Phi) is 9.64. The Morgan fingerprint density at radius 3 is 2.63 bits per heavy atom. The highest BCUT2D eigenvalue weighted by atomic mass is 15.2. The molecule has 1 unspecified atom stereocenters. The summed E-state index contributed by atoms with van der Waals surface area (Å²) in [5, 5.41) is 6.87. The lowest BCUT2D eigenvalue weighted by Crippen LogP contribution is -2.39. The van der Waals surface area contributed by atoms with Gasteiger partial charge in [0.25, 0.3) is 0 Å². The molecule has 152 valence electrons. The molecule has 1 atom stereocenters. The standard InChI is InChI=1S/C22H39N5/c1-5-23-22(25-18-20(3)21-10-8-19(2)9-11-21)24-12-6-14-27-15-7-13-26(4)16-17-27/h8-11,20H,5-7,12-18H2,1-4H3,(H2,23,24,25). The minimum Gasteiger partial charge on any atom is -0.357 e. The lowest BCUT2D eigenvalue weighted by atomic mass is 10.0. The summed E-state index contributed by atoms with van der Waals surface area (Å²) in [5.41, 5.74) is 2.66. The first-order chi connectivity index (χ1) is 13.1. The number of hydrogen-bond donors (Lipinski definition) is 2. The Morgan fingerprint density at radius 1 is 1.11 bits per heavy atom. The van der Waals surface area contributed by atoms with Gasteiger partial charge in [-0.3, -0.25) is 4.99 Å². The lowest BCUT2D eigenvalue weighted by Gasteiger charge is -2.20. The van der Waals surface area contributed by atoms with Crippen LogP contribution in [0.5, 0.6) is 0 Å². The number of benzene rings is 1. The van der Waals surface area contributed by atoms with Gasteiger partial charge in [0.05, 0.1) is 0 Å². The Balaban J connectivity index is 1.73. The quantitative estimate of drug-likeness (QED) is 0.418. The fraction of sp³-hybridized carbons (Fsp3) is 0.682. The number of nitrogens with one attached hydrogen (secondary N) is 2. The second kappa shape index (κ2) is 12.0. The number of rotatable bonds is 8. The molecule has 0 radical (unpaired) electrons. The monoisotopic (exact) mass is 373 g/mol. The molecule has 2 rings (SSSR count). The van der Waals surface area contributed by atoms with E-state index in [2.05, 4.69) is 72.5 Å². The molecule has 1 aliphatic heterocycles. The predicted octanol–water partition coefficient (Wildman–Crippen LogP) is 2.68. The van der Waals surface area contributed by atoms with Crippen LogP contribution >= 0.6 is 0 Å². The number of aryl methyl sites for hydroxylation is 1. The summed E-state index contributed by atoms with van der Waals surface area (Å²) < 4.78 is 0. The minimum atomic E-state index is 0.426. The number of hydrogen-bond acceptors (Lipinski definition) is 3. The fourth-order valence-corrected chi connectivity index (χ4v) is 3.40. The maximum absolute atomic E-state index is 4.80. The zero-order valence-electron chi connectivity index (χ0n) is 17.8. The van der Waals surface area contributed by atoms with E-state index < -0.39 is 0 Å². The normalized spacial score (nSPS) is 18.1. The second-order valence-electron chi connectivity index (χ2n) is 7.81. The summed E-state index contributed by atoms with van der Waals surface area (Å²) in [4.78, 5) is 9.82. The summed E-state index contributed by atoms with van der Waals surface area (Å²) in [7, 11) is 2.22. The molecule has 1 aromatic rings. The van der Waals surface area contributed by atoms with Gasteiger partial charge in [-0.15, -0.1) is 0 Å². The van der Waals surface area contributed by atoms with E-state index in [4.69, 9.17) is 4.99 Å². The Bertz CT molecular complexity index is 554. The SMILES string of the molecule is CCNC(=NCC(C)c1ccc(C)cc1)NCCCN1CCCN(C)CC1. The number of likely N-dealkylation sites (N-methyl/N-ethyl adjacent to an activating group) is 1. The topological polar surface area (TPSA) is 42.9 Å². The molecule has 5 nitrogen and oxygen atoms in total. The second-order valence-corrected chi connectivity index (χ2v) is 7.81. The molecule has 27 heavy (non-hydrogen) atoms. The van der Waals surface area contributed by atoms with Crippen molar-refractivity contribution in [2.24, 2.45) is 4.99 Å². The average Bonchev–Trinajstić information content (AvgIpc) is 2.87. The third-order valence-corrected chi connectivity index (χ3v) is 5.27. The molecule has 0 saturated carbocycles. The van der Waals surface area contributed by atoms with Crippen LogP contribution in [0.25, 0.3) is 0 Å². The van der Waals surface area contributed by atoms with Crippen LogP contribution in [0.4, 0.5) is 0 Å². The Morgan fingerprint density at radius 2 is 1.89 bits per heavy atom. The maximum Gasteiger partial charge on any atom is 0.191 e. The van der Waals surface area contributed by atoms with E-state index in [0.717, 1.165) is 32.0 Å². The van der Waals surface area contributed by atoms with Crippen molar-refractivity contribution in [3.63, 3.8) is 0 Å². The smallest absolute Gasteiger partial charge is 0.191 e. The summed E-state index contributed by atoms with van der Waals surface area (Å²) in [6, 6.07) is 8.79. The molecule has 5 heteroatoms. The van der Waals surface area contributed by atoms with E-state index in [-0.39, 0.29) is 0 Å². The highest BCUT2D eigenvalue weighted by Gasteiger charge is 2.11. The number of aliphatic imine (C=N–C) groups is 1. The van der Waals surface area contributed by atoms with Gasteiger partial charge in [0.2, 0.25) is 0 Å². The van der Waals surface area contributed by atoms with Crippen LogP contribution in [0.2, 0.25) is 0 Å². The van der Waals surface area contributed by atoms with E-state index in [1.54, 1.807) is 0 Å². The van der Waals surface area contributed by atoms with E-state index >= 15 is 0 Å².